The Bertz CT molecular complexity index is 937. The molecule has 0 aliphatic carbocycles. The van der Waals surface area contributed by atoms with Crippen molar-refractivity contribution in [2.24, 2.45) is 0 Å². The second-order valence-corrected chi connectivity index (χ2v) is 7.19. The molecule has 1 amide bonds. The number of esters is 1. The summed E-state index contributed by atoms with van der Waals surface area (Å²) in [4.78, 5) is 24.8. The van der Waals surface area contributed by atoms with Crippen molar-refractivity contribution in [3.05, 3.63) is 81.4 Å². The minimum Gasteiger partial charge on any atom is -0.467 e. The van der Waals surface area contributed by atoms with Crippen molar-refractivity contribution in [1.82, 2.24) is 5.32 Å². The van der Waals surface area contributed by atoms with Crippen molar-refractivity contribution in [3.8, 4) is 0 Å². The Labute approximate surface area is 165 Å². The third kappa shape index (κ3) is 4.40. The van der Waals surface area contributed by atoms with Crippen LogP contribution in [-0.4, -0.2) is 25.0 Å². The summed E-state index contributed by atoms with van der Waals surface area (Å²) in [5.74, 6) is -0.755. The van der Waals surface area contributed by atoms with E-state index < -0.39 is 12.0 Å². The van der Waals surface area contributed by atoms with E-state index >= 15 is 0 Å². The van der Waals surface area contributed by atoms with Crippen molar-refractivity contribution >= 4 is 45.2 Å². The van der Waals surface area contributed by atoms with Gasteiger partial charge in [0.15, 0.2) is 0 Å². The second kappa shape index (κ2) is 8.31. The van der Waals surface area contributed by atoms with Crippen molar-refractivity contribution in [2.75, 3.05) is 7.11 Å². The van der Waals surface area contributed by atoms with E-state index in [9.17, 15) is 9.59 Å². The molecule has 3 aromatic rings. The quantitative estimate of drug-likeness (QED) is 0.465. The van der Waals surface area contributed by atoms with E-state index in [1.807, 2.05) is 60.7 Å². The minimum atomic E-state index is -0.737. The average Bonchev–Trinajstić information content (AvgIpc) is 2.68. The van der Waals surface area contributed by atoms with Gasteiger partial charge in [-0.25, -0.2) is 4.79 Å². The zero-order valence-corrected chi connectivity index (χ0v) is 16.4. The Morgan fingerprint density at radius 2 is 1.69 bits per heavy atom. The Morgan fingerprint density at radius 3 is 2.38 bits per heavy atom. The summed E-state index contributed by atoms with van der Waals surface area (Å²) >= 11 is 2.22. The number of amides is 1. The van der Waals surface area contributed by atoms with Crippen molar-refractivity contribution in [3.63, 3.8) is 0 Å². The van der Waals surface area contributed by atoms with Gasteiger partial charge >= 0.3 is 5.97 Å². The van der Waals surface area contributed by atoms with Crippen molar-refractivity contribution < 1.29 is 14.3 Å². The number of methoxy groups -OCH3 is 1. The largest absolute Gasteiger partial charge is 0.467 e. The summed E-state index contributed by atoms with van der Waals surface area (Å²) < 4.78 is 5.97. The lowest BCUT2D eigenvalue weighted by Crippen LogP contribution is -2.43. The maximum atomic E-state index is 12.6. The SMILES string of the molecule is COC(=O)[C@H](Cc1ccc(I)cc1)NC(=O)c1ccc2ccccc2c1. The van der Waals surface area contributed by atoms with E-state index in [1.54, 1.807) is 6.07 Å². The molecule has 0 heterocycles. The van der Waals surface area contributed by atoms with Crippen LogP contribution in [0, 0.1) is 3.57 Å². The van der Waals surface area contributed by atoms with E-state index in [0.717, 1.165) is 19.9 Å². The number of carbonyl (C=O) groups is 2. The number of carbonyl (C=O) groups excluding carboxylic acids is 2. The summed E-state index contributed by atoms with van der Waals surface area (Å²) in [6.45, 7) is 0. The maximum Gasteiger partial charge on any atom is 0.328 e. The fourth-order valence-electron chi connectivity index (χ4n) is 2.76. The van der Waals surface area contributed by atoms with Gasteiger partial charge < -0.3 is 10.1 Å². The highest BCUT2D eigenvalue weighted by atomic mass is 127. The Balaban J connectivity index is 1.79. The first-order chi connectivity index (χ1) is 12.6. The molecule has 3 rings (SSSR count). The first-order valence-electron chi connectivity index (χ1n) is 8.19. The molecule has 0 bridgehead atoms. The minimum absolute atomic E-state index is 0.295. The van der Waals surface area contributed by atoms with E-state index in [4.69, 9.17) is 4.74 Å². The zero-order chi connectivity index (χ0) is 18.5. The van der Waals surface area contributed by atoms with Gasteiger partial charge in [0.25, 0.3) is 5.91 Å². The summed E-state index contributed by atoms with van der Waals surface area (Å²) in [7, 11) is 1.32. The molecular formula is C21H18INO3. The molecule has 3 aromatic carbocycles. The van der Waals surface area contributed by atoms with Crippen LogP contribution in [0.5, 0.6) is 0 Å². The van der Waals surface area contributed by atoms with Crippen LogP contribution in [-0.2, 0) is 16.0 Å². The number of rotatable bonds is 5. The number of halogens is 1. The molecule has 0 saturated heterocycles. The standard InChI is InChI=1S/C21H18INO3/c1-26-21(25)19(12-14-6-10-18(22)11-7-14)23-20(24)17-9-8-15-4-2-3-5-16(15)13-17/h2-11,13,19H,12H2,1H3,(H,23,24)/t19-/m0/s1. The molecule has 5 heteroatoms. The molecule has 0 aliphatic heterocycles. The second-order valence-electron chi connectivity index (χ2n) is 5.94. The van der Waals surface area contributed by atoms with Crippen LogP contribution in [0.4, 0.5) is 0 Å². The molecule has 0 fully saturated rings. The van der Waals surface area contributed by atoms with Crippen LogP contribution in [0.15, 0.2) is 66.7 Å². The number of hydrogen-bond acceptors (Lipinski definition) is 3. The number of fused-ring (bicyclic) bond motifs is 1. The fourth-order valence-corrected chi connectivity index (χ4v) is 3.12. The molecule has 0 radical (unpaired) electrons. The van der Waals surface area contributed by atoms with Crippen LogP contribution >= 0.6 is 22.6 Å². The predicted molar refractivity (Wildman–Crippen MR) is 110 cm³/mol. The van der Waals surface area contributed by atoms with E-state index in [2.05, 4.69) is 27.9 Å². The molecule has 0 saturated carbocycles. The Hall–Kier alpha value is -2.41. The molecule has 26 heavy (non-hydrogen) atoms. The number of nitrogens with one attached hydrogen (secondary N) is 1. The Kier molecular flexibility index (Phi) is 5.88. The van der Waals surface area contributed by atoms with Crippen molar-refractivity contribution in [1.29, 1.82) is 0 Å². The molecule has 0 unspecified atom stereocenters. The summed E-state index contributed by atoms with van der Waals surface area (Å²) in [5, 5.41) is 4.84. The van der Waals surface area contributed by atoms with Gasteiger partial charge in [-0.2, -0.15) is 0 Å². The van der Waals surface area contributed by atoms with Gasteiger partial charge in [-0.3, -0.25) is 4.79 Å². The van der Waals surface area contributed by atoms with Gasteiger partial charge in [-0.05, 0) is 63.2 Å². The monoisotopic (exact) mass is 459 g/mol. The van der Waals surface area contributed by atoms with E-state index in [1.165, 1.54) is 7.11 Å². The van der Waals surface area contributed by atoms with Gasteiger partial charge in [0.2, 0.25) is 0 Å². The van der Waals surface area contributed by atoms with Crippen LogP contribution in [0.25, 0.3) is 10.8 Å². The number of hydrogen-bond donors (Lipinski definition) is 1. The zero-order valence-electron chi connectivity index (χ0n) is 14.2. The van der Waals surface area contributed by atoms with Crippen molar-refractivity contribution in [2.45, 2.75) is 12.5 Å². The summed E-state index contributed by atoms with van der Waals surface area (Å²) in [6.07, 6.45) is 0.378. The molecule has 4 nitrogen and oxygen atoms in total. The molecular weight excluding hydrogens is 441 g/mol. The molecule has 0 spiro atoms. The molecule has 1 atom stereocenters. The van der Waals surface area contributed by atoms with Crippen LogP contribution in [0.3, 0.4) is 0 Å². The normalized spacial score (nSPS) is 11.8. The molecule has 0 aromatic heterocycles. The first-order valence-corrected chi connectivity index (χ1v) is 9.26. The topological polar surface area (TPSA) is 55.4 Å². The third-order valence-corrected chi connectivity index (χ3v) is 4.87. The first kappa shape index (κ1) is 18.4. The van der Waals surface area contributed by atoms with Crippen LogP contribution in [0.2, 0.25) is 0 Å². The van der Waals surface area contributed by atoms with Gasteiger partial charge in [0.05, 0.1) is 7.11 Å². The fraction of sp³-hybridized carbons (Fsp3) is 0.143. The van der Waals surface area contributed by atoms with Crippen LogP contribution in [0.1, 0.15) is 15.9 Å². The Morgan fingerprint density at radius 1 is 1.00 bits per heavy atom. The predicted octanol–water partition coefficient (Wildman–Crippen LogP) is 3.96. The smallest absolute Gasteiger partial charge is 0.328 e. The van der Waals surface area contributed by atoms with Crippen LogP contribution < -0.4 is 5.32 Å². The lowest BCUT2D eigenvalue weighted by molar-refractivity contribution is -0.142. The van der Waals surface area contributed by atoms with Gasteiger partial charge in [0.1, 0.15) is 6.04 Å². The number of ether oxygens (including phenoxy) is 1. The summed E-state index contributed by atoms with van der Waals surface area (Å²) in [6, 6.07) is 20.4. The lowest BCUT2D eigenvalue weighted by atomic mass is 10.0. The average molecular weight is 459 g/mol. The molecule has 0 aliphatic rings. The molecule has 1 N–H and O–H groups in total. The number of benzene rings is 3. The molecule has 132 valence electrons. The van der Waals surface area contributed by atoms with Gasteiger partial charge in [-0.1, -0.05) is 42.5 Å². The highest BCUT2D eigenvalue weighted by Crippen LogP contribution is 2.16. The third-order valence-electron chi connectivity index (χ3n) is 4.16. The maximum absolute atomic E-state index is 12.6. The van der Waals surface area contributed by atoms with Gasteiger partial charge in [-0.15, -0.1) is 0 Å². The van der Waals surface area contributed by atoms with E-state index in [-0.39, 0.29) is 5.91 Å². The highest BCUT2D eigenvalue weighted by molar-refractivity contribution is 14.1. The van der Waals surface area contributed by atoms with E-state index in [0.29, 0.717) is 12.0 Å². The highest BCUT2D eigenvalue weighted by Gasteiger charge is 2.22. The lowest BCUT2D eigenvalue weighted by Gasteiger charge is -2.17. The van der Waals surface area contributed by atoms with Gasteiger partial charge in [0, 0.05) is 15.6 Å². The summed E-state index contributed by atoms with van der Waals surface area (Å²) in [5.41, 5.74) is 1.47.